The molecule has 0 spiro atoms. The second-order valence-electron chi connectivity index (χ2n) is 3.78. The van der Waals surface area contributed by atoms with E-state index >= 15 is 0 Å². The molecule has 3 amide bonds. The summed E-state index contributed by atoms with van der Waals surface area (Å²) in [5, 5.41) is 9.60. The number of imide groups is 1. The van der Waals surface area contributed by atoms with Crippen LogP contribution in [0.5, 0.6) is 0 Å². The normalized spacial score (nSPS) is 11.9. The minimum absolute atomic E-state index is 0.264. The van der Waals surface area contributed by atoms with Gasteiger partial charge in [0.05, 0.1) is 0 Å². The van der Waals surface area contributed by atoms with Gasteiger partial charge in [0.25, 0.3) is 5.91 Å². The third-order valence-electron chi connectivity index (χ3n) is 2.50. The molecule has 0 aliphatic rings. The summed E-state index contributed by atoms with van der Waals surface area (Å²) in [5.41, 5.74) is 5.97. The van der Waals surface area contributed by atoms with Gasteiger partial charge in [0.1, 0.15) is 6.10 Å². The average molecular weight is 236 g/mol. The van der Waals surface area contributed by atoms with E-state index in [4.69, 9.17) is 5.73 Å². The zero-order chi connectivity index (χ0) is 12.8. The molecule has 0 unspecified atom stereocenters. The first-order chi connectivity index (χ1) is 8.02. The van der Waals surface area contributed by atoms with Crippen molar-refractivity contribution in [1.82, 2.24) is 4.90 Å². The van der Waals surface area contributed by atoms with Gasteiger partial charge in [-0.25, -0.2) is 4.79 Å². The number of hydrogen-bond donors (Lipinski definition) is 2. The Morgan fingerprint density at radius 3 is 2.47 bits per heavy atom. The summed E-state index contributed by atoms with van der Waals surface area (Å²) in [6, 6.07) is 8.63. The molecule has 0 fully saturated rings. The first-order valence-corrected chi connectivity index (χ1v) is 5.31. The van der Waals surface area contributed by atoms with Crippen LogP contribution in [0.4, 0.5) is 4.79 Å². The second-order valence-corrected chi connectivity index (χ2v) is 3.78. The van der Waals surface area contributed by atoms with Gasteiger partial charge in [-0.15, -0.1) is 0 Å². The highest BCUT2D eigenvalue weighted by Gasteiger charge is 2.22. The van der Waals surface area contributed by atoms with E-state index < -0.39 is 18.0 Å². The number of urea groups is 1. The number of carbonyl (C=O) groups excluding carboxylic acids is 2. The molecule has 92 valence electrons. The fourth-order valence-corrected chi connectivity index (χ4v) is 1.40. The third-order valence-corrected chi connectivity index (χ3v) is 2.50. The second kappa shape index (κ2) is 6.00. The van der Waals surface area contributed by atoms with Gasteiger partial charge in [-0.2, -0.15) is 0 Å². The number of hydrogen-bond acceptors (Lipinski definition) is 3. The molecular weight excluding hydrogens is 220 g/mol. The maximum atomic E-state index is 11.5. The minimum atomic E-state index is -1.20. The van der Waals surface area contributed by atoms with Gasteiger partial charge < -0.3 is 10.8 Å². The highest BCUT2D eigenvalue weighted by Crippen LogP contribution is 2.06. The van der Waals surface area contributed by atoms with Crippen LogP contribution < -0.4 is 5.73 Å². The van der Waals surface area contributed by atoms with Crippen LogP contribution in [-0.4, -0.2) is 35.1 Å². The lowest BCUT2D eigenvalue weighted by atomic mass is 10.1. The number of rotatable bonds is 4. The molecule has 0 bridgehead atoms. The van der Waals surface area contributed by atoms with E-state index in [1.165, 1.54) is 7.05 Å². The van der Waals surface area contributed by atoms with Crippen LogP contribution in [0.1, 0.15) is 12.0 Å². The fourth-order valence-electron chi connectivity index (χ4n) is 1.40. The summed E-state index contributed by atoms with van der Waals surface area (Å²) in [6.45, 7) is 0. The van der Waals surface area contributed by atoms with Crippen LogP contribution in [0.3, 0.4) is 0 Å². The van der Waals surface area contributed by atoms with Crippen LogP contribution in [0, 0.1) is 0 Å². The van der Waals surface area contributed by atoms with Crippen molar-refractivity contribution < 1.29 is 14.7 Å². The standard InChI is InChI=1S/C12H16N2O3/c1-14(12(13)17)11(16)10(15)8-7-9-5-3-2-4-6-9/h2-6,10,15H,7-8H2,1H3,(H2,13,17)/t10-/m0/s1. The van der Waals surface area contributed by atoms with Crippen molar-refractivity contribution in [2.75, 3.05) is 7.05 Å². The van der Waals surface area contributed by atoms with Crippen molar-refractivity contribution in [3.8, 4) is 0 Å². The lowest BCUT2D eigenvalue weighted by molar-refractivity contribution is -0.136. The summed E-state index contributed by atoms with van der Waals surface area (Å²) < 4.78 is 0. The first-order valence-electron chi connectivity index (χ1n) is 5.31. The fraction of sp³-hybridized carbons (Fsp3) is 0.333. The van der Waals surface area contributed by atoms with Gasteiger partial charge in [0.2, 0.25) is 0 Å². The summed E-state index contributed by atoms with van der Waals surface area (Å²) in [4.78, 5) is 22.9. The molecule has 5 nitrogen and oxygen atoms in total. The third kappa shape index (κ3) is 3.88. The van der Waals surface area contributed by atoms with Crippen LogP contribution in [0.15, 0.2) is 30.3 Å². The van der Waals surface area contributed by atoms with E-state index in [1.807, 2.05) is 30.3 Å². The van der Waals surface area contributed by atoms with Gasteiger partial charge >= 0.3 is 6.03 Å². The highest BCUT2D eigenvalue weighted by atomic mass is 16.3. The highest BCUT2D eigenvalue weighted by molar-refractivity contribution is 5.95. The van der Waals surface area contributed by atoms with Gasteiger partial charge in [-0.05, 0) is 18.4 Å². The van der Waals surface area contributed by atoms with Gasteiger partial charge in [0.15, 0.2) is 0 Å². The van der Waals surface area contributed by atoms with Crippen LogP contribution in [-0.2, 0) is 11.2 Å². The van der Waals surface area contributed by atoms with Crippen molar-refractivity contribution >= 4 is 11.9 Å². The number of aliphatic hydroxyl groups is 1. The molecule has 1 aromatic rings. The lowest BCUT2D eigenvalue weighted by Gasteiger charge is -2.16. The van der Waals surface area contributed by atoms with Crippen LogP contribution in [0.2, 0.25) is 0 Å². The van der Waals surface area contributed by atoms with E-state index in [9.17, 15) is 14.7 Å². The molecule has 17 heavy (non-hydrogen) atoms. The molecule has 1 atom stereocenters. The number of aliphatic hydroxyl groups excluding tert-OH is 1. The van der Waals surface area contributed by atoms with E-state index in [-0.39, 0.29) is 6.42 Å². The number of likely N-dealkylation sites (N-methyl/N-ethyl adjacent to an activating group) is 1. The Hall–Kier alpha value is -1.88. The topological polar surface area (TPSA) is 83.6 Å². The van der Waals surface area contributed by atoms with Gasteiger partial charge in [0, 0.05) is 7.05 Å². The summed E-state index contributed by atoms with van der Waals surface area (Å²) in [7, 11) is 1.25. The Labute approximate surface area is 99.8 Å². The molecule has 0 saturated heterocycles. The molecule has 3 N–H and O–H groups in total. The minimum Gasteiger partial charge on any atom is -0.383 e. The quantitative estimate of drug-likeness (QED) is 0.799. The maximum Gasteiger partial charge on any atom is 0.321 e. The molecule has 0 heterocycles. The number of benzene rings is 1. The smallest absolute Gasteiger partial charge is 0.321 e. The number of primary amides is 1. The van der Waals surface area contributed by atoms with Crippen molar-refractivity contribution in [3.05, 3.63) is 35.9 Å². The Kier molecular flexibility index (Phi) is 4.66. The molecule has 0 aromatic heterocycles. The molecule has 0 saturated carbocycles. The maximum absolute atomic E-state index is 11.5. The Morgan fingerprint density at radius 2 is 1.94 bits per heavy atom. The van der Waals surface area contributed by atoms with Crippen molar-refractivity contribution in [2.24, 2.45) is 5.73 Å². The molecule has 0 aliphatic carbocycles. The van der Waals surface area contributed by atoms with Gasteiger partial charge in [-0.3, -0.25) is 9.69 Å². The molecular formula is C12H16N2O3. The molecule has 0 radical (unpaired) electrons. The van der Waals surface area contributed by atoms with Crippen LogP contribution >= 0.6 is 0 Å². The Balaban J connectivity index is 2.47. The number of amides is 3. The average Bonchev–Trinajstić information content (AvgIpc) is 2.35. The Bertz CT molecular complexity index is 392. The zero-order valence-electron chi connectivity index (χ0n) is 9.67. The lowest BCUT2D eigenvalue weighted by Crippen LogP contribution is -2.43. The molecule has 0 aliphatic heterocycles. The van der Waals surface area contributed by atoms with E-state index in [0.29, 0.717) is 6.42 Å². The first kappa shape index (κ1) is 13.2. The number of nitrogens with zero attached hydrogens (tertiary/aromatic N) is 1. The van der Waals surface area contributed by atoms with Crippen molar-refractivity contribution in [1.29, 1.82) is 0 Å². The van der Waals surface area contributed by atoms with Crippen molar-refractivity contribution in [2.45, 2.75) is 18.9 Å². The summed E-state index contributed by atoms with van der Waals surface area (Å²) >= 11 is 0. The van der Waals surface area contributed by atoms with E-state index in [0.717, 1.165) is 10.5 Å². The Morgan fingerprint density at radius 1 is 1.35 bits per heavy atom. The summed E-state index contributed by atoms with van der Waals surface area (Å²) in [6.07, 6.45) is -0.367. The molecule has 5 heteroatoms. The monoisotopic (exact) mass is 236 g/mol. The number of carbonyl (C=O) groups is 2. The number of aryl methyl sites for hydroxylation is 1. The zero-order valence-corrected chi connectivity index (χ0v) is 9.67. The predicted octanol–water partition coefficient (Wildman–Crippen LogP) is 0.517. The SMILES string of the molecule is CN(C(N)=O)C(=O)[C@@H](O)CCc1ccccc1. The van der Waals surface area contributed by atoms with Crippen molar-refractivity contribution in [3.63, 3.8) is 0 Å². The largest absolute Gasteiger partial charge is 0.383 e. The predicted molar refractivity (Wildman–Crippen MR) is 63.1 cm³/mol. The molecule has 1 aromatic carbocycles. The number of nitrogens with two attached hydrogens (primary N) is 1. The van der Waals surface area contributed by atoms with Crippen LogP contribution in [0.25, 0.3) is 0 Å². The molecule has 1 rings (SSSR count). The summed E-state index contributed by atoms with van der Waals surface area (Å²) in [5.74, 6) is -0.673. The van der Waals surface area contributed by atoms with E-state index in [1.54, 1.807) is 0 Å². The van der Waals surface area contributed by atoms with Gasteiger partial charge in [-0.1, -0.05) is 30.3 Å². The van der Waals surface area contributed by atoms with E-state index in [2.05, 4.69) is 0 Å².